The van der Waals surface area contributed by atoms with E-state index in [0.717, 1.165) is 6.42 Å². The highest BCUT2D eigenvalue weighted by Crippen LogP contribution is 2.20. The zero-order valence-electron chi connectivity index (χ0n) is 15.7. The molecule has 0 aliphatic heterocycles. The Morgan fingerprint density at radius 1 is 1.10 bits per heavy atom. The fourth-order valence-corrected chi connectivity index (χ4v) is 2.70. The Labute approximate surface area is 166 Å². The van der Waals surface area contributed by atoms with Crippen LogP contribution in [-0.4, -0.2) is 33.6 Å². The van der Waals surface area contributed by atoms with Crippen LogP contribution in [0.2, 0.25) is 0 Å². The summed E-state index contributed by atoms with van der Waals surface area (Å²) in [4.78, 5) is 43.1. The number of rotatable bonds is 10. The van der Waals surface area contributed by atoms with Gasteiger partial charge in [-0.25, -0.2) is 14.8 Å². The Hall–Kier alpha value is -3.75. The summed E-state index contributed by atoms with van der Waals surface area (Å²) in [5.74, 6) is -0.620. The standard InChI is InChI=1S/C20H20N4O5/c1-2-8-21-15-16(18(26)17(15)25)24-14(19(27)28)11-12-4-6-13(7-5-12)29-20-22-9-3-10-23-20/h3-7,9-10,14,21,24H,2,8,11H2,1H3,(H,27,28)/t14-/m0/s1. The summed E-state index contributed by atoms with van der Waals surface area (Å²) >= 11 is 0. The van der Waals surface area contributed by atoms with Gasteiger partial charge in [0, 0.05) is 25.4 Å². The number of aliphatic carboxylic acids is 1. The summed E-state index contributed by atoms with van der Waals surface area (Å²) in [5.41, 5.74) is -0.448. The van der Waals surface area contributed by atoms with Gasteiger partial charge in [-0.3, -0.25) is 9.59 Å². The van der Waals surface area contributed by atoms with Crippen molar-refractivity contribution in [2.24, 2.45) is 0 Å². The maximum absolute atomic E-state index is 11.8. The zero-order chi connectivity index (χ0) is 20.8. The topological polar surface area (TPSA) is 131 Å². The van der Waals surface area contributed by atoms with Gasteiger partial charge in [0.2, 0.25) is 0 Å². The molecular formula is C20H20N4O5. The van der Waals surface area contributed by atoms with Crippen LogP contribution in [-0.2, 0) is 11.2 Å². The molecule has 0 unspecified atom stereocenters. The maximum Gasteiger partial charge on any atom is 0.326 e. The van der Waals surface area contributed by atoms with Crippen LogP contribution in [0.15, 0.2) is 52.3 Å². The molecule has 0 saturated heterocycles. The van der Waals surface area contributed by atoms with Gasteiger partial charge in [0.15, 0.2) is 0 Å². The number of nitrogens with zero attached hydrogens (tertiary/aromatic N) is 2. The first-order chi connectivity index (χ1) is 14.0. The molecule has 0 spiro atoms. The average molecular weight is 396 g/mol. The first kappa shape index (κ1) is 20.0. The van der Waals surface area contributed by atoms with Crippen molar-refractivity contribution in [3.63, 3.8) is 0 Å². The number of nitrogens with one attached hydrogen (secondary N) is 2. The number of carboxylic acid groups (broad SMARTS) is 1. The minimum absolute atomic E-state index is 0.0250. The van der Waals surface area contributed by atoms with Crippen LogP contribution in [0.25, 0.3) is 0 Å². The van der Waals surface area contributed by atoms with Crippen molar-refractivity contribution in [1.82, 2.24) is 9.97 Å². The monoisotopic (exact) mass is 396 g/mol. The fraction of sp³-hybridized carbons (Fsp3) is 0.250. The third kappa shape index (κ3) is 4.75. The second-order valence-corrected chi connectivity index (χ2v) is 6.35. The van der Waals surface area contributed by atoms with E-state index in [1.807, 2.05) is 6.92 Å². The molecule has 0 amide bonds. The van der Waals surface area contributed by atoms with Gasteiger partial charge >= 0.3 is 12.0 Å². The van der Waals surface area contributed by atoms with Crippen LogP contribution in [0.4, 0.5) is 11.4 Å². The summed E-state index contributed by atoms with van der Waals surface area (Å²) in [6, 6.07) is 7.60. The number of aromatic nitrogens is 2. The van der Waals surface area contributed by atoms with E-state index < -0.39 is 22.9 Å². The molecule has 2 aromatic carbocycles. The number of hydrogen-bond donors (Lipinski definition) is 3. The number of carboxylic acids is 1. The first-order valence-corrected chi connectivity index (χ1v) is 9.10. The van der Waals surface area contributed by atoms with E-state index in [9.17, 15) is 19.5 Å². The third-order valence-electron chi connectivity index (χ3n) is 4.19. The Kier molecular flexibility index (Phi) is 6.18. The second-order valence-electron chi connectivity index (χ2n) is 6.35. The number of benzene rings is 1. The number of carbonyl (C=O) groups is 1. The molecule has 0 saturated carbocycles. The van der Waals surface area contributed by atoms with E-state index in [1.54, 1.807) is 42.7 Å². The summed E-state index contributed by atoms with van der Waals surface area (Å²) in [6.45, 7) is 2.44. The van der Waals surface area contributed by atoms with Crippen LogP contribution < -0.4 is 26.2 Å². The molecule has 9 nitrogen and oxygen atoms in total. The van der Waals surface area contributed by atoms with Crippen molar-refractivity contribution >= 4 is 17.3 Å². The molecule has 1 heterocycles. The van der Waals surface area contributed by atoms with Crippen molar-refractivity contribution in [1.29, 1.82) is 0 Å². The lowest BCUT2D eigenvalue weighted by Gasteiger charge is -2.19. The molecule has 0 aliphatic carbocycles. The Morgan fingerprint density at radius 3 is 2.38 bits per heavy atom. The normalized spacial score (nSPS) is 11.8. The van der Waals surface area contributed by atoms with Crippen molar-refractivity contribution < 1.29 is 14.6 Å². The molecule has 0 fully saturated rings. The molecule has 29 heavy (non-hydrogen) atoms. The molecule has 9 heteroatoms. The molecule has 150 valence electrons. The van der Waals surface area contributed by atoms with Gasteiger partial charge < -0.3 is 20.5 Å². The van der Waals surface area contributed by atoms with Crippen molar-refractivity contribution in [3.8, 4) is 11.8 Å². The molecule has 0 radical (unpaired) electrons. The number of hydrogen-bond acceptors (Lipinski definition) is 8. The van der Waals surface area contributed by atoms with E-state index in [0.29, 0.717) is 17.9 Å². The van der Waals surface area contributed by atoms with E-state index in [-0.39, 0.29) is 23.8 Å². The van der Waals surface area contributed by atoms with Gasteiger partial charge in [-0.05, 0) is 30.2 Å². The lowest BCUT2D eigenvalue weighted by atomic mass is 10.0. The summed E-state index contributed by atoms with van der Waals surface area (Å²) in [6.07, 6.45) is 4.00. The Bertz CT molecular complexity index is 1040. The van der Waals surface area contributed by atoms with E-state index >= 15 is 0 Å². The van der Waals surface area contributed by atoms with Gasteiger partial charge in [0.25, 0.3) is 10.9 Å². The zero-order valence-corrected chi connectivity index (χ0v) is 15.7. The summed E-state index contributed by atoms with van der Waals surface area (Å²) in [5, 5.41) is 15.1. The lowest BCUT2D eigenvalue weighted by Crippen LogP contribution is -2.42. The quantitative estimate of drug-likeness (QED) is 0.439. The van der Waals surface area contributed by atoms with Gasteiger partial charge in [-0.2, -0.15) is 0 Å². The predicted molar refractivity (Wildman–Crippen MR) is 107 cm³/mol. The predicted octanol–water partition coefficient (Wildman–Crippen LogP) is 1.79. The molecular weight excluding hydrogens is 376 g/mol. The lowest BCUT2D eigenvalue weighted by molar-refractivity contribution is -0.137. The summed E-state index contributed by atoms with van der Waals surface area (Å²) in [7, 11) is 0. The van der Waals surface area contributed by atoms with Crippen LogP contribution in [0, 0.1) is 0 Å². The third-order valence-corrected chi connectivity index (χ3v) is 4.19. The largest absolute Gasteiger partial charge is 0.480 e. The molecule has 3 N–H and O–H groups in total. The molecule has 1 aromatic heterocycles. The number of anilines is 2. The van der Waals surface area contributed by atoms with Crippen LogP contribution in [0.3, 0.4) is 0 Å². The average Bonchev–Trinajstić information content (AvgIpc) is 2.73. The maximum atomic E-state index is 11.8. The highest BCUT2D eigenvalue weighted by molar-refractivity contribution is 5.82. The highest BCUT2D eigenvalue weighted by Gasteiger charge is 2.26. The van der Waals surface area contributed by atoms with Gasteiger partial charge in [-0.15, -0.1) is 0 Å². The van der Waals surface area contributed by atoms with Crippen LogP contribution >= 0.6 is 0 Å². The van der Waals surface area contributed by atoms with Crippen molar-refractivity contribution in [3.05, 3.63) is 68.7 Å². The van der Waals surface area contributed by atoms with Gasteiger partial charge in [0.1, 0.15) is 23.2 Å². The van der Waals surface area contributed by atoms with Gasteiger partial charge in [-0.1, -0.05) is 19.1 Å². The Morgan fingerprint density at radius 2 is 1.76 bits per heavy atom. The molecule has 0 bridgehead atoms. The smallest absolute Gasteiger partial charge is 0.326 e. The number of ether oxygens (including phenoxy) is 1. The summed E-state index contributed by atoms with van der Waals surface area (Å²) < 4.78 is 5.50. The van der Waals surface area contributed by atoms with E-state index in [4.69, 9.17) is 4.74 Å². The minimum Gasteiger partial charge on any atom is -0.480 e. The SMILES string of the molecule is CCCNc1c(N[C@@H](Cc2ccc(Oc3ncccn3)cc2)C(=O)O)c(=O)c1=O. The Balaban J connectivity index is 1.68. The fourth-order valence-electron chi connectivity index (χ4n) is 2.70. The van der Waals surface area contributed by atoms with Crippen molar-refractivity contribution in [2.45, 2.75) is 25.8 Å². The minimum atomic E-state index is -1.13. The molecule has 0 aliphatic rings. The van der Waals surface area contributed by atoms with Crippen LogP contribution in [0.5, 0.6) is 11.8 Å². The first-order valence-electron chi connectivity index (χ1n) is 9.10. The molecule has 1 atom stereocenters. The molecule has 3 aromatic rings. The van der Waals surface area contributed by atoms with Crippen LogP contribution in [0.1, 0.15) is 18.9 Å². The van der Waals surface area contributed by atoms with E-state index in [2.05, 4.69) is 20.6 Å². The van der Waals surface area contributed by atoms with E-state index in [1.165, 1.54) is 0 Å². The highest BCUT2D eigenvalue weighted by atomic mass is 16.5. The second kappa shape index (κ2) is 8.96. The molecule has 3 rings (SSSR count). The van der Waals surface area contributed by atoms with Gasteiger partial charge in [0.05, 0.1) is 0 Å². The van der Waals surface area contributed by atoms with Crippen molar-refractivity contribution in [2.75, 3.05) is 17.2 Å².